The Hall–Kier alpha value is -0.860. The van der Waals surface area contributed by atoms with Crippen molar-refractivity contribution in [2.24, 2.45) is 5.92 Å². The Kier molecular flexibility index (Phi) is 3.55. The Morgan fingerprint density at radius 1 is 1.47 bits per heavy atom. The summed E-state index contributed by atoms with van der Waals surface area (Å²) in [4.78, 5) is 0. The lowest BCUT2D eigenvalue weighted by molar-refractivity contribution is 0.649. The standard InChI is InChI=1S/C14H16ClNS/c1-9(2)6-11-8-16(10(3)17)14-7-12(15)4-5-13(11)14/h4-5,7-9,17H,3,6H2,1-2H3. The highest BCUT2D eigenvalue weighted by Gasteiger charge is 2.10. The van der Waals surface area contributed by atoms with Crippen LogP contribution in [0, 0.1) is 5.92 Å². The molecule has 0 unspecified atom stereocenters. The highest BCUT2D eigenvalue weighted by Crippen LogP contribution is 2.29. The van der Waals surface area contributed by atoms with E-state index in [1.165, 1.54) is 10.9 Å². The minimum Gasteiger partial charge on any atom is -0.311 e. The van der Waals surface area contributed by atoms with Crippen LogP contribution in [0.1, 0.15) is 19.4 Å². The van der Waals surface area contributed by atoms with E-state index in [0.29, 0.717) is 10.9 Å². The van der Waals surface area contributed by atoms with E-state index in [-0.39, 0.29) is 0 Å². The second kappa shape index (κ2) is 4.79. The quantitative estimate of drug-likeness (QED) is 0.757. The summed E-state index contributed by atoms with van der Waals surface area (Å²) in [6, 6.07) is 5.96. The van der Waals surface area contributed by atoms with Crippen molar-refractivity contribution >= 4 is 40.2 Å². The van der Waals surface area contributed by atoms with Crippen molar-refractivity contribution < 1.29 is 0 Å². The third-order valence-corrected chi connectivity index (χ3v) is 3.21. The lowest BCUT2D eigenvalue weighted by Gasteiger charge is -2.02. The van der Waals surface area contributed by atoms with E-state index in [0.717, 1.165) is 17.0 Å². The van der Waals surface area contributed by atoms with Gasteiger partial charge in [-0.15, -0.1) is 12.6 Å². The maximum Gasteiger partial charge on any atom is 0.0689 e. The Balaban J connectivity index is 2.66. The fourth-order valence-corrected chi connectivity index (χ4v) is 2.42. The van der Waals surface area contributed by atoms with Crippen molar-refractivity contribution in [1.29, 1.82) is 0 Å². The van der Waals surface area contributed by atoms with Crippen molar-refractivity contribution in [1.82, 2.24) is 4.57 Å². The van der Waals surface area contributed by atoms with Gasteiger partial charge in [0.25, 0.3) is 0 Å². The second-order valence-corrected chi connectivity index (χ2v) is 5.65. The van der Waals surface area contributed by atoms with Crippen molar-refractivity contribution in [2.45, 2.75) is 20.3 Å². The predicted octanol–water partition coefficient (Wildman–Crippen LogP) is 4.85. The molecule has 0 spiro atoms. The highest BCUT2D eigenvalue weighted by molar-refractivity contribution is 7.90. The smallest absolute Gasteiger partial charge is 0.0689 e. The normalized spacial score (nSPS) is 11.4. The molecule has 0 amide bonds. The summed E-state index contributed by atoms with van der Waals surface area (Å²) in [5.41, 5.74) is 2.40. The molecule has 90 valence electrons. The molecule has 0 saturated carbocycles. The number of hydrogen-bond donors (Lipinski definition) is 1. The van der Waals surface area contributed by atoms with Crippen LogP contribution in [-0.2, 0) is 6.42 Å². The molecule has 2 aromatic rings. The first-order valence-corrected chi connectivity index (χ1v) is 6.49. The molecule has 0 bridgehead atoms. The van der Waals surface area contributed by atoms with Crippen LogP contribution in [0.4, 0.5) is 0 Å². The molecule has 1 aromatic carbocycles. The average Bonchev–Trinajstić information content (AvgIpc) is 2.55. The van der Waals surface area contributed by atoms with Gasteiger partial charge in [-0.1, -0.05) is 38.1 Å². The Morgan fingerprint density at radius 2 is 2.18 bits per heavy atom. The Morgan fingerprint density at radius 3 is 2.76 bits per heavy atom. The van der Waals surface area contributed by atoms with Crippen LogP contribution in [0.2, 0.25) is 5.02 Å². The third kappa shape index (κ3) is 2.53. The molecule has 1 heterocycles. The predicted molar refractivity (Wildman–Crippen MR) is 79.8 cm³/mol. The summed E-state index contributed by atoms with van der Waals surface area (Å²) >= 11 is 10.4. The van der Waals surface area contributed by atoms with E-state index in [2.05, 4.69) is 45.3 Å². The number of fused-ring (bicyclic) bond motifs is 1. The molecule has 0 aliphatic carbocycles. The molecule has 0 aliphatic rings. The van der Waals surface area contributed by atoms with E-state index < -0.39 is 0 Å². The zero-order chi connectivity index (χ0) is 12.6. The number of aromatic nitrogens is 1. The number of rotatable bonds is 3. The minimum atomic E-state index is 0.623. The third-order valence-electron chi connectivity index (χ3n) is 2.76. The van der Waals surface area contributed by atoms with Crippen molar-refractivity contribution in [3.63, 3.8) is 0 Å². The number of thiol groups is 1. The van der Waals surface area contributed by atoms with Gasteiger partial charge in [-0.05, 0) is 30.0 Å². The van der Waals surface area contributed by atoms with Crippen LogP contribution < -0.4 is 0 Å². The van der Waals surface area contributed by atoms with Crippen molar-refractivity contribution in [3.05, 3.63) is 41.6 Å². The summed E-state index contributed by atoms with van der Waals surface area (Å²) in [7, 11) is 0. The van der Waals surface area contributed by atoms with Crippen molar-refractivity contribution in [2.75, 3.05) is 0 Å². The van der Waals surface area contributed by atoms with Gasteiger partial charge in [0.15, 0.2) is 0 Å². The summed E-state index contributed by atoms with van der Waals surface area (Å²) in [5.74, 6) is 0.623. The first-order chi connectivity index (χ1) is 7.99. The van der Waals surface area contributed by atoms with E-state index >= 15 is 0 Å². The zero-order valence-corrected chi connectivity index (χ0v) is 11.7. The lowest BCUT2D eigenvalue weighted by atomic mass is 10.0. The second-order valence-electron chi connectivity index (χ2n) is 4.70. The molecule has 1 nitrogen and oxygen atoms in total. The summed E-state index contributed by atoms with van der Waals surface area (Å²) in [6.45, 7) is 8.32. The van der Waals surface area contributed by atoms with Gasteiger partial charge in [-0.2, -0.15) is 0 Å². The van der Waals surface area contributed by atoms with Gasteiger partial charge >= 0.3 is 0 Å². The molecular weight excluding hydrogens is 250 g/mol. The summed E-state index contributed by atoms with van der Waals surface area (Å²) in [6.07, 6.45) is 3.16. The molecule has 0 saturated heterocycles. The molecule has 0 atom stereocenters. The monoisotopic (exact) mass is 265 g/mol. The zero-order valence-electron chi connectivity index (χ0n) is 10.1. The fourth-order valence-electron chi connectivity index (χ4n) is 2.09. The summed E-state index contributed by atoms with van der Waals surface area (Å²) < 4.78 is 1.99. The average molecular weight is 266 g/mol. The number of nitrogens with zero attached hydrogens (tertiary/aromatic N) is 1. The Labute approximate surface area is 112 Å². The number of halogens is 1. The first kappa shape index (κ1) is 12.6. The topological polar surface area (TPSA) is 4.93 Å². The Bertz CT molecular complexity index is 569. The van der Waals surface area contributed by atoms with Crippen molar-refractivity contribution in [3.8, 4) is 0 Å². The molecular formula is C14H16ClNS. The molecule has 3 heteroatoms. The van der Waals surface area contributed by atoms with Crippen LogP contribution in [0.15, 0.2) is 31.0 Å². The van der Waals surface area contributed by atoms with Crippen LogP contribution >= 0.6 is 24.2 Å². The minimum absolute atomic E-state index is 0.623. The van der Waals surface area contributed by atoms with E-state index in [9.17, 15) is 0 Å². The van der Waals surface area contributed by atoms with E-state index in [1.54, 1.807) is 0 Å². The number of hydrogen-bond acceptors (Lipinski definition) is 1. The summed E-state index contributed by atoms with van der Waals surface area (Å²) in [5, 5.41) is 2.69. The maximum atomic E-state index is 6.04. The lowest BCUT2D eigenvalue weighted by Crippen LogP contribution is -1.92. The molecule has 0 N–H and O–H groups in total. The van der Waals surface area contributed by atoms with Gasteiger partial charge in [-0.3, -0.25) is 0 Å². The van der Waals surface area contributed by atoms with Crippen LogP contribution in [0.5, 0.6) is 0 Å². The SMILES string of the molecule is C=C(S)n1cc(CC(C)C)c2ccc(Cl)cc21. The van der Waals surface area contributed by atoms with Gasteiger partial charge < -0.3 is 4.57 Å². The fraction of sp³-hybridized carbons (Fsp3) is 0.286. The van der Waals surface area contributed by atoms with Crippen LogP contribution in [0.3, 0.4) is 0 Å². The molecule has 1 aromatic heterocycles. The van der Waals surface area contributed by atoms with Gasteiger partial charge in [0, 0.05) is 16.6 Å². The van der Waals surface area contributed by atoms with Gasteiger partial charge in [-0.25, -0.2) is 0 Å². The largest absolute Gasteiger partial charge is 0.311 e. The molecule has 0 radical (unpaired) electrons. The van der Waals surface area contributed by atoms with Gasteiger partial charge in [0.2, 0.25) is 0 Å². The highest BCUT2D eigenvalue weighted by atomic mass is 35.5. The maximum absolute atomic E-state index is 6.04. The molecule has 0 aliphatic heterocycles. The van der Waals surface area contributed by atoms with E-state index in [4.69, 9.17) is 11.6 Å². The number of benzene rings is 1. The molecule has 2 rings (SSSR count). The molecule has 17 heavy (non-hydrogen) atoms. The first-order valence-electron chi connectivity index (χ1n) is 5.66. The van der Waals surface area contributed by atoms with Crippen LogP contribution in [0.25, 0.3) is 15.9 Å². The van der Waals surface area contributed by atoms with Gasteiger partial charge in [0.05, 0.1) is 10.5 Å². The van der Waals surface area contributed by atoms with Gasteiger partial charge in [0.1, 0.15) is 0 Å². The van der Waals surface area contributed by atoms with Crippen LogP contribution in [-0.4, -0.2) is 4.57 Å². The van der Waals surface area contributed by atoms with E-state index in [1.807, 2.05) is 16.7 Å². The molecule has 0 fully saturated rings.